The molecule has 0 saturated heterocycles. The van der Waals surface area contributed by atoms with Crippen LogP contribution in [0.1, 0.15) is 26.2 Å². The van der Waals surface area contributed by atoms with Crippen LogP contribution in [0.2, 0.25) is 0 Å². The predicted octanol–water partition coefficient (Wildman–Crippen LogP) is 2.99. The third kappa shape index (κ3) is 2.55. The zero-order valence-corrected chi connectivity index (χ0v) is 10.1. The minimum Gasteiger partial charge on any atom is -0.296 e. The van der Waals surface area contributed by atoms with E-state index in [0.29, 0.717) is 0 Å². The average Bonchev–Trinajstić information content (AvgIpc) is 2.35. The number of halogens is 2. The number of hydrogen-bond acceptors (Lipinski definition) is 2. The highest BCUT2D eigenvalue weighted by atomic mass is 79.9. The molecular formula is C7H11Br2N3. The minimum absolute atomic E-state index is 0.797. The first-order chi connectivity index (χ1) is 5.75. The molecule has 1 heterocycles. The highest BCUT2D eigenvalue weighted by Crippen LogP contribution is 2.15. The fourth-order valence-corrected chi connectivity index (χ4v) is 2.06. The van der Waals surface area contributed by atoms with Gasteiger partial charge in [-0.2, -0.15) is 0 Å². The zero-order chi connectivity index (χ0) is 8.97. The van der Waals surface area contributed by atoms with Gasteiger partial charge in [-0.05, 0) is 38.3 Å². The Morgan fingerprint density at radius 2 is 1.75 bits per heavy atom. The van der Waals surface area contributed by atoms with E-state index in [1.807, 2.05) is 4.57 Å². The summed E-state index contributed by atoms with van der Waals surface area (Å²) in [4.78, 5) is 0. The molecule has 0 spiro atoms. The van der Waals surface area contributed by atoms with Crippen LogP contribution >= 0.6 is 31.9 Å². The van der Waals surface area contributed by atoms with Crippen molar-refractivity contribution in [3.63, 3.8) is 0 Å². The summed E-state index contributed by atoms with van der Waals surface area (Å²) in [5.41, 5.74) is 0. The molecule has 0 bridgehead atoms. The largest absolute Gasteiger partial charge is 0.296 e. The third-order valence-electron chi connectivity index (χ3n) is 1.65. The molecule has 0 atom stereocenters. The summed E-state index contributed by atoms with van der Waals surface area (Å²) < 4.78 is 3.60. The fraction of sp³-hybridized carbons (Fsp3) is 0.714. The molecule has 0 saturated carbocycles. The monoisotopic (exact) mass is 295 g/mol. The maximum absolute atomic E-state index is 3.88. The molecule has 1 rings (SSSR count). The summed E-state index contributed by atoms with van der Waals surface area (Å²) in [5.74, 6) is 0. The van der Waals surface area contributed by atoms with Gasteiger partial charge in [-0.15, -0.1) is 10.2 Å². The average molecular weight is 297 g/mol. The second-order valence-electron chi connectivity index (χ2n) is 2.60. The Kier molecular flexibility index (Phi) is 4.21. The zero-order valence-electron chi connectivity index (χ0n) is 6.93. The van der Waals surface area contributed by atoms with Crippen LogP contribution in [0, 0.1) is 0 Å². The van der Waals surface area contributed by atoms with Gasteiger partial charge in [0, 0.05) is 6.54 Å². The van der Waals surface area contributed by atoms with E-state index in [4.69, 9.17) is 0 Å². The highest BCUT2D eigenvalue weighted by Gasteiger charge is 2.05. The molecule has 68 valence electrons. The van der Waals surface area contributed by atoms with Crippen molar-refractivity contribution in [1.82, 2.24) is 14.8 Å². The molecule has 0 aliphatic carbocycles. The molecule has 5 heteroatoms. The molecule has 0 N–H and O–H groups in total. The summed E-state index contributed by atoms with van der Waals surface area (Å²) >= 11 is 6.66. The second kappa shape index (κ2) is 4.97. The first kappa shape index (κ1) is 10.2. The van der Waals surface area contributed by atoms with Crippen molar-refractivity contribution >= 4 is 31.9 Å². The number of nitrogens with zero attached hydrogens (tertiary/aromatic N) is 3. The van der Waals surface area contributed by atoms with E-state index in [2.05, 4.69) is 49.0 Å². The van der Waals surface area contributed by atoms with Crippen molar-refractivity contribution in [3.05, 3.63) is 9.47 Å². The maximum atomic E-state index is 3.88. The topological polar surface area (TPSA) is 30.7 Å². The van der Waals surface area contributed by atoms with Crippen LogP contribution in [0.25, 0.3) is 0 Å². The number of unbranched alkanes of at least 4 members (excludes halogenated alkanes) is 2. The molecule has 0 aliphatic heterocycles. The highest BCUT2D eigenvalue weighted by molar-refractivity contribution is 9.11. The summed E-state index contributed by atoms with van der Waals surface area (Å²) in [6.45, 7) is 3.16. The molecule has 12 heavy (non-hydrogen) atoms. The first-order valence-corrected chi connectivity index (χ1v) is 5.58. The number of rotatable bonds is 4. The van der Waals surface area contributed by atoms with Gasteiger partial charge in [-0.3, -0.25) is 4.57 Å². The molecule has 0 unspecified atom stereocenters. The summed E-state index contributed by atoms with van der Waals surface area (Å²) in [6, 6.07) is 0. The van der Waals surface area contributed by atoms with Crippen LogP contribution in [0.3, 0.4) is 0 Å². The van der Waals surface area contributed by atoms with Crippen LogP contribution < -0.4 is 0 Å². The lowest BCUT2D eigenvalue weighted by Crippen LogP contribution is -1.98. The van der Waals surface area contributed by atoms with Gasteiger partial charge in [-0.25, -0.2) is 0 Å². The van der Waals surface area contributed by atoms with Gasteiger partial charge in [-0.1, -0.05) is 19.8 Å². The second-order valence-corrected chi connectivity index (χ2v) is 4.02. The Labute approximate surface area is 88.8 Å². The van der Waals surface area contributed by atoms with Gasteiger partial charge in [0.2, 0.25) is 9.47 Å². The Morgan fingerprint density at radius 3 is 2.25 bits per heavy atom. The van der Waals surface area contributed by atoms with Crippen molar-refractivity contribution in [2.24, 2.45) is 0 Å². The minimum atomic E-state index is 0.797. The van der Waals surface area contributed by atoms with Gasteiger partial charge in [0.15, 0.2) is 0 Å². The van der Waals surface area contributed by atoms with E-state index in [-0.39, 0.29) is 0 Å². The van der Waals surface area contributed by atoms with Crippen molar-refractivity contribution in [2.75, 3.05) is 0 Å². The van der Waals surface area contributed by atoms with Crippen molar-refractivity contribution in [3.8, 4) is 0 Å². The van der Waals surface area contributed by atoms with Crippen LogP contribution in [-0.4, -0.2) is 14.8 Å². The lowest BCUT2D eigenvalue weighted by atomic mass is 10.2. The fourth-order valence-electron chi connectivity index (χ4n) is 0.971. The lowest BCUT2D eigenvalue weighted by molar-refractivity contribution is 0.584. The molecule has 0 amide bonds. The van der Waals surface area contributed by atoms with Crippen molar-refractivity contribution in [2.45, 2.75) is 32.7 Å². The molecule has 1 aromatic rings. The Morgan fingerprint density at radius 1 is 1.17 bits per heavy atom. The van der Waals surface area contributed by atoms with E-state index in [9.17, 15) is 0 Å². The normalized spacial score (nSPS) is 10.6. The predicted molar refractivity (Wildman–Crippen MR) is 54.9 cm³/mol. The van der Waals surface area contributed by atoms with E-state index >= 15 is 0 Å². The SMILES string of the molecule is CCCCCn1c(Br)nnc1Br. The van der Waals surface area contributed by atoms with Crippen molar-refractivity contribution in [1.29, 1.82) is 0 Å². The maximum Gasteiger partial charge on any atom is 0.200 e. The van der Waals surface area contributed by atoms with E-state index in [0.717, 1.165) is 16.0 Å². The molecular weight excluding hydrogens is 286 g/mol. The first-order valence-electron chi connectivity index (χ1n) is 4.00. The standard InChI is InChI=1S/C7H11Br2N3/c1-2-3-4-5-12-6(8)10-11-7(12)9/h2-5H2,1H3. The summed E-state index contributed by atoms with van der Waals surface area (Å²) in [5, 5.41) is 7.76. The smallest absolute Gasteiger partial charge is 0.200 e. The third-order valence-corrected chi connectivity index (χ3v) is 2.82. The van der Waals surface area contributed by atoms with Gasteiger partial charge in [0.1, 0.15) is 0 Å². The molecule has 0 radical (unpaired) electrons. The van der Waals surface area contributed by atoms with Gasteiger partial charge >= 0.3 is 0 Å². The van der Waals surface area contributed by atoms with Gasteiger partial charge in [0.05, 0.1) is 0 Å². The Bertz CT molecular complexity index is 227. The van der Waals surface area contributed by atoms with Crippen LogP contribution in [0.4, 0.5) is 0 Å². The molecule has 0 fully saturated rings. The number of hydrogen-bond donors (Lipinski definition) is 0. The van der Waals surface area contributed by atoms with Gasteiger partial charge in [0.25, 0.3) is 0 Å². The molecule has 3 nitrogen and oxygen atoms in total. The summed E-state index contributed by atoms with van der Waals surface area (Å²) in [6.07, 6.45) is 3.65. The molecule has 0 aromatic carbocycles. The quantitative estimate of drug-likeness (QED) is 0.800. The Hall–Kier alpha value is 0.1000. The van der Waals surface area contributed by atoms with E-state index < -0.39 is 0 Å². The van der Waals surface area contributed by atoms with Crippen molar-refractivity contribution < 1.29 is 0 Å². The van der Waals surface area contributed by atoms with Gasteiger partial charge < -0.3 is 0 Å². The van der Waals surface area contributed by atoms with Crippen LogP contribution in [-0.2, 0) is 6.54 Å². The van der Waals surface area contributed by atoms with E-state index in [1.165, 1.54) is 19.3 Å². The van der Waals surface area contributed by atoms with E-state index in [1.54, 1.807) is 0 Å². The molecule has 0 aliphatic rings. The lowest BCUT2D eigenvalue weighted by Gasteiger charge is -2.02. The Balaban J connectivity index is 2.50. The van der Waals surface area contributed by atoms with Crippen LogP contribution in [0.15, 0.2) is 9.47 Å². The van der Waals surface area contributed by atoms with Crippen LogP contribution in [0.5, 0.6) is 0 Å². The number of aromatic nitrogens is 3. The molecule has 1 aromatic heterocycles. The summed E-state index contributed by atoms with van der Waals surface area (Å²) in [7, 11) is 0.